The van der Waals surface area contributed by atoms with E-state index < -0.39 is 0 Å². The van der Waals surface area contributed by atoms with Crippen LogP contribution in [-0.2, 0) is 6.54 Å². The van der Waals surface area contributed by atoms with Crippen molar-refractivity contribution in [2.75, 3.05) is 6.54 Å². The first kappa shape index (κ1) is 17.9. The number of benzene rings is 2. The topological polar surface area (TPSA) is 55.2 Å². The summed E-state index contributed by atoms with van der Waals surface area (Å²) in [6.07, 6.45) is 5.95. The van der Waals surface area contributed by atoms with Gasteiger partial charge in [0.25, 0.3) is 11.8 Å². The normalized spacial score (nSPS) is 13.6. The van der Waals surface area contributed by atoms with Crippen molar-refractivity contribution in [2.24, 2.45) is 0 Å². The van der Waals surface area contributed by atoms with Crippen LogP contribution in [0, 0.1) is 0 Å². The fourth-order valence-electron chi connectivity index (χ4n) is 3.51. The first-order valence-electron chi connectivity index (χ1n) is 9.22. The monoisotopic (exact) mass is 425 g/mol. The van der Waals surface area contributed by atoms with Crippen LogP contribution in [0.5, 0.6) is 0 Å². The lowest BCUT2D eigenvalue weighted by molar-refractivity contribution is 0.0651. The Kier molecular flexibility index (Phi) is 5.07. The van der Waals surface area contributed by atoms with Crippen molar-refractivity contribution in [2.45, 2.75) is 32.2 Å². The number of hydrogen-bond donors (Lipinski definition) is 0. The average Bonchev–Trinajstić information content (AvgIpc) is 3.20. The second-order valence-electron chi connectivity index (χ2n) is 6.79. The zero-order valence-corrected chi connectivity index (χ0v) is 16.5. The Hall–Kier alpha value is -2.47. The molecule has 0 atom stereocenters. The molecule has 2 heterocycles. The number of imide groups is 1. The molecule has 0 saturated carbocycles. The van der Waals surface area contributed by atoms with Crippen molar-refractivity contribution in [3.05, 3.63) is 64.3 Å². The van der Waals surface area contributed by atoms with Crippen LogP contribution in [-0.4, -0.2) is 33.0 Å². The van der Waals surface area contributed by atoms with E-state index in [4.69, 9.17) is 0 Å². The van der Waals surface area contributed by atoms with Gasteiger partial charge >= 0.3 is 0 Å². The van der Waals surface area contributed by atoms with Crippen molar-refractivity contribution in [3.8, 4) is 0 Å². The number of nitrogens with zero attached hydrogens (tertiary/aromatic N) is 3. The highest BCUT2D eigenvalue weighted by Crippen LogP contribution is 2.24. The summed E-state index contributed by atoms with van der Waals surface area (Å²) in [7, 11) is 0. The van der Waals surface area contributed by atoms with E-state index in [9.17, 15) is 9.59 Å². The number of carbonyl (C=O) groups is 2. The van der Waals surface area contributed by atoms with Crippen molar-refractivity contribution in [1.29, 1.82) is 0 Å². The number of amides is 2. The number of rotatable bonds is 7. The molecule has 3 aromatic rings. The molecule has 1 aliphatic rings. The standard InChI is InChI=1S/C21H20BrN3O2/c22-18-10-7-11-19-17(18)14-24(23-19)12-5-1-2-6-13-25-20(26)15-8-3-4-9-16(15)21(25)27/h3-4,7-11,14H,1-2,5-6,12-13H2. The lowest BCUT2D eigenvalue weighted by Gasteiger charge is -2.13. The van der Waals surface area contributed by atoms with Crippen LogP contribution >= 0.6 is 15.9 Å². The number of fused-ring (bicyclic) bond motifs is 2. The molecule has 0 aliphatic carbocycles. The minimum absolute atomic E-state index is 0.163. The van der Waals surface area contributed by atoms with E-state index in [0.29, 0.717) is 17.7 Å². The third-order valence-electron chi connectivity index (χ3n) is 4.94. The molecule has 5 nitrogen and oxygen atoms in total. The van der Waals surface area contributed by atoms with E-state index in [-0.39, 0.29) is 11.8 Å². The fraction of sp³-hybridized carbons (Fsp3) is 0.286. The number of carbonyl (C=O) groups excluding carboxylic acids is 2. The Morgan fingerprint density at radius 3 is 2.15 bits per heavy atom. The molecule has 1 aromatic heterocycles. The lowest BCUT2D eigenvalue weighted by Crippen LogP contribution is -2.30. The van der Waals surface area contributed by atoms with Gasteiger partial charge in [-0.25, -0.2) is 0 Å². The summed E-state index contributed by atoms with van der Waals surface area (Å²) < 4.78 is 3.05. The molecule has 0 spiro atoms. The van der Waals surface area contributed by atoms with Crippen LogP contribution in [0.1, 0.15) is 46.4 Å². The van der Waals surface area contributed by atoms with E-state index in [1.54, 1.807) is 24.3 Å². The summed E-state index contributed by atoms with van der Waals surface area (Å²) >= 11 is 3.55. The maximum Gasteiger partial charge on any atom is 0.261 e. The summed E-state index contributed by atoms with van der Waals surface area (Å²) in [5, 5.41) is 5.71. The zero-order chi connectivity index (χ0) is 18.8. The third-order valence-corrected chi connectivity index (χ3v) is 5.63. The Bertz CT molecular complexity index is 977. The van der Waals surface area contributed by atoms with Crippen LogP contribution < -0.4 is 0 Å². The predicted molar refractivity (Wildman–Crippen MR) is 108 cm³/mol. The summed E-state index contributed by atoms with van der Waals surface area (Å²) in [6.45, 7) is 1.36. The largest absolute Gasteiger partial charge is 0.274 e. The Labute approximate surface area is 166 Å². The molecule has 0 unspecified atom stereocenters. The Balaban J connectivity index is 1.22. The van der Waals surface area contributed by atoms with Gasteiger partial charge in [-0.2, -0.15) is 5.10 Å². The van der Waals surface area contributed by atoms with Gasteiger partial charge in [0.2, 0.25) is 0 Å². The maximum atomic E-state index is 12.3. The van der Waals surface area contributed by atoms with Crippen LogP contribution in [0.4, 0.5) is 0 Å². The van der Waals surface area contributed by atoms with E-state index in [0.717, 1.165) is 47.6 Å². The van der Waals surface area contributed by atoms with Gasteiger partial charge < -0.3 is 0 Å². The first-order chi connectivity index (χ1) is 13.1. The molecule has 0 bridgehead atoms. The molecule has 0 fully saturated rings. The highest BCUT2D eigenvalue weighted by atomic mass is 79.9. The molecule has 1 aliphatic heterocycles. The number of unbranched alkanes of at least 4 members (excludes halogenated alkanes) is 3. The molecule has 2 amide bonds. The summed E-state index contributed by atoms with van der Waals surface area (Å²) in [5.74, 6) is -0.325. The van der Waals surface area contributed by atoms with Gasteiger partial charge in [-0.1, -0.05) is 47.0 Å². The quantitative estimate of drug-likeness (QED) is 0.408. The smallest absolute Gasteiger partial charge is 0.261 e. The van der Waals surface area contributed by atoms with Gasteiger partial charge in [-0.15, -0.1) is 0 Å². The van der Waals surface area contributed by atoms with Crippen LogP contribution in [0.25, 0.3) is 10.9 Å². The van der Waals surface area contributed by atoms with Gasteiger partial charge in [0.05, 0.1) is 16.6 Å². The van der Waals surface area contributed by atoms with Crippen molar-refractivity contribution in [3.63, 3.8) is 0 Å². The van der Waals surface area contributed by atoms with E-state index in [2.05, 4.69) is 27.2 Å². The summed E-state index contributed by atoms with van der Waals surface area (Å²) in [5.41, 5.74) is 2.05. The number of halogens is 1. The molecule has 0 saturated heterocycles. The minimum Gasteiger partial charge on any atom is -0.274 e. The highest BCUT2D eigenvalue weighted by molar-refractivity contribution is 9.10. The minimum atomic E-state index is -0.163. The molecule has 4 rings (SSSR count). The van der Waals surface area contributed by atoms with Gasteiger partial charge in [0.1, 0.15) is 0 Å². The zero-order valence-electron chi connectivity index (χ0n) is 14.9. The lowest BCUT2D eigenvalue weighted by atomic mass is 10.1. The number of hydrogen-bond acceptors (Lipinski definition) is 3. The van der Waals surface area contributed by atoms with Gasteiger partial charge in [-0.3, -0.25) is 19.2 Å². The first-order valence-corrected chi connectivity index (χ1v) is 10.0. The van der Waals surface area contributed by atoms with Crippen molar-refractivity contribution >= 4 is 38.6 Å². The highest BCUT2D eigenvalue weighted by Gasteiger charge is 2.34. The SMILES string of the molecule is O=C1c2ccccc2C(=O)N1CCCCCCn1cc2c(Br)cccc2n1. The summed E-state index contributed by atoms with van der Waals surface area (Å²) in [6, 6.07) is 13.1. The van der Waals surface area contributed by atoms with Crippen molar-refractivity contribution in [1.82, 2.24) is 14.7 Å². The maximum absolute atomic E-state index is 12.3. The van der Waals surface area contributed by atoms with Gasteiger partial charge in [0, 0.05) is 29.1 Å². The molecule has 6 heteroatoms. The molecule has 0 N–H and O–H groups in total. The predicted octanol–water partition coefficient (Wildman–Crippen LogP) is 4.66. The van der Waals surface area contributed by atoms with Gasteiger partial charge in [-0.05, 0) is 37.1 Å². The molecule has 0 radical (unpaired) electrons. The third kappa shape index (κ3) is 3.54. The van der Waals surface area contributed by atoms with Crippen LogP contribution in [0.15, 0.2) is 53.1 Å². The Morgan fingerprint density at radius 1 is 0.815 bits per heavy atom. The number of aryl methyl sites for hydroxylation is 1. The second-order valence-corrected chi connectivity index (χ2v) is 7.64. The van der Waals surface area contributed by atoms with E-state index >= 15 is 0 Å². The second kappa shape index (κ2) is 7.64. The molecule has 2 aromatic carbocycles. The molecular formula is C21H20BrN3O2. The fourth-order valence-corrected chi connectivity index (χ4v) is 3.97. The Morgan fingerprint density at radius 2 is 1.48 bits per heavy atom. The van der Waals surface area contributed by atoms with E-state index in [1.165, 1.54) is 4.90 Å². The molecule has 27 heavy (non-hydrogen) atoms. The van der Waals surface area contributed by atoms with Gasteiger partial charge in [0.15, 0.2) is 0 Å². The molecule has 138 valence electrons. The molecular weight excluding hydrogens is 406 g/mol. The summed E-state index contributed by atoms with van der Waals surface area (Å²) in [4.78, 5) is 26.0. The number of aromatic nitrogens is 2. The van der Waals surface area contributed by atoms with Crippen molar-refractivity contribution < 1.29 is 9.59 Å². The van der Waals surface area contributed by atoms with Crippen LogP contribution in [0.3, 0.4) is 0 Å². The van der Waals surface area contributed by atoms with Crippen LogP contribution in [0.2, 0.25) is 0 Å². The average molecular weight is 426 g/mol. The van der Waals surface area contributed by atoms with E-state index in [1.807, 2.05) is 22.9 Å².